The van der Waals surface area contributed by atoms with Crippen LogP contribution in [-0.4, -0.2) is 43.9 Å². The Bertz CT molecular complexity index is 885. The van der Waals surface area contributed by atoms with Gasteiger partial charge in [-0.2, -0.15) is 5.10 Å². The zero-order valence-corrected chi connectivity index (χ0v) is 18.8. The van der Waals surface area contributed by atoms with Crippen LogP contribution in [0.25, 0.3) is 5.82 Å². The van der Waals surface area contributed by atoms with Crippen LogP contribution in [0.5, 0.6) is 0 Å². The number of guanidine groups is 1. The molecule has 0 fully saturated rings. The number of aryl methyl sites for hydroxylation is 3. The molecule has 3 aromatic heterocycles. The Balaban J connectivity index is 0.00000280. The third kappa shape index (κ3) is 6.04. The number of rotatable bonds is 7. The number of halogens is 1. The lowest BCUT2D eigenvalue weighted by Crippen LogP contribution is -2.37. The summed E-state index contributed by atoms with van der Waals surface area (Å²) in [6.45, 7) is 6.49. The minimum Gasteiger partial charge on any atom is -0.356 e. The van der Waals surface area contributed by atoms with Crippen molar-refractivity contribution in [2.45, 2.75) is 33.4 Å². The molecule has 0 aromatic carbocycles. The average Bonchev–Trinajstić information content (AvgIpc) is 3.31. The van der Waals surface area contributed by atoms with Gasteiger partial charge in [-0.15, -0.1) is 24.0 Å². The number of nitrogens with zero attached hydrogens (tertiary/aromatic N) is 6. The second-order valence-electron chi connectivity index (χ2n) is 6.35. The molecule has 0 spiro atoms. The van der Waals surface area contributed by atoms with E-state index in [0.717, 1.165) is 42.5 Å². The molecule has 9 heteroatoms. The summed E-state index contributed by atoms with van der Waals surface area (Å²) < 4.78 is 3.93. The summed E-state index contributed by atoms with van der Waals surface area (Å²) >= 11 is 0. The smallest absolute Gasteiger partial charge is 0.191 e. The summed E-state index contributed by atoms with van der Waals surface area (Å²) in [7, 11) is 1.78. The summed E-state index contributed by atoms with van der Waals surface area (Å²) in [6.07, 6.45) is 8.13. The van der Waals surface area contributed by atoms with Gasteiger partial charge in [-0.1, -0.05) is 0 Å². The van der Waals surface area contributed by atoms with Gasteiger partial charge in [0.25, 0.3) is 0 Å². The summed E-state index contributed by atoms with van der Waals surface area (Å²) in [5.74, 6) is 1.63. The van der Waals surface area contributed by atoms with Gasteiger partial charge in [-0.05, 0) is 44.0 Å². The maximum absolute atomic E-state index is 4.48. The van der Waals surface area contributed by atoms with Gasteiger partial charge in [0.05, 0.1) is 5.69 Å². The molecule has 150 valence electrons. The van der Waals surface area contributed by atoms with E-state index in [1.54, 1.807) is 25.8 Å². The quantitative estimate of drug-likeness (QED) is 0.228. The Morgan fingerprint density at radius 2 is 2.04 bits per heavy atom. The third-order valence-corrected chi connectivity index (χ3v) is 4.20. The van der Waals surface area contributed by atoms with Crippen LogP contribution in [0.2, 0.25) is 0 Å². The van der Waals surface area contributed by atoms with Gasteiger partial charge in [0.15, 0.2) is 5.96 Å². The Labute approximate surface area is 182 Å². The average molecular weight is 494 g/mol. The Morgan fingerprint density at radius 1 is 1.18 bits per heavy atom. The number of imidazole rings is 1. The van der Waals surface area contributed by atoms with E-state index in [9.17, 15) is 0 Å². The SMILES string of the molecule is CN=C(NCCCn1nc(C)cc1C)NCc1ccnc(-n2ccnc2)c1.I. The number of hydrogen-bond acceptors (Lipinski definition) is 4. The van der Waals surface area contributed by atoms with Crippen molar-refractivity contribution < 1.29 is 0 Å². The van der Waals surface area contributed by atoms with Crippen LogP contribution in [0.3, 0.4) is 0 Å². The van der Waals surface area contributed by atoms with Crippen molar-refractivity contribution in [2.75, 3.05) is 13.6 Å². The molecule has 0 bridgehead atoms. The molecular formula is C19H27IN8. The van der Waals surface area contributed by atoms with Crippen LogP contribution in [0.1, 0.15) is 23.4 Å². The van der Waals surface area contributed by atoms with Gasteiger partial charge in [-0.25, -0.2) is 9.97 Å². The third-order valence-electron chi connectivity index (χ3n) is 4.20. The first-order chi connectivity index (χ1) is 13.2. The van der Waals surface area contributed by atoms with Gasteiger partial charge < -0.3 is 10.6 Å². The monoisotopic (exact) mass is 494 g/mol. The van der Waals surface area contributed by atoms with E-state index in [-0.39, 0.29) is 24.0 Å². The van der Waals surface area contributed by atoms with Gasteiger partial charge in [0.1, 0.15) is 12.1 Å². The first kappa shape index (κ1) is 21.9. The molecule has 0 aliphatic rings. The Morgan fingerprint density at radius 3 is 2.71 bits per heavy atom. The topological polar surface area (TPSA) is 85.0 Å². The van der Waals surface area contributed by atoms with E-state index in [4.69, 9.17) is 0 Å². The predicted octanol–water partition coefficient (Wildman–Crippen LogP) is 2.45. The van der Waals surface area contributed by atoms with Crippen LogP contribution < -0.4 is 10.6 Å². The molecule has 3 heterocycles. The first-order valence-electron chi connectivity index (χ1n) is 9.04. The highest BCUT2D eigenvalue weighted by Gasteiger charge is 2.03. The fraction of sp³-hybridized carbons (Fsp3) is 0.368. The van der Waals surface area contributed by atoms with Crippen LogP contribution in [0.15, 0.2) is 48.1 Å². The van der Waals surface area contributed by atoms with E-state index < -0.39 is 0 Å². The Kier molecular flexibility index (Phi) is 8.42. The minimum absolute atomic E-state index is 0. The van der Waals surface area contributed by atoms with Crippen LogP contribution in [-0.2, 0) is 13.1 Å². The van der Waals surface area contributed by atoms with Gasteiger partial charge in [0, 0.05) is 51.0 Å². The van der Waals surface area contributed by atoms with Crippen molar-refractivity contribution in [1.82, 2.24) is 34.9 Å². The molecule has 0 radical (unpaired) electrons. The van der Waals surface area contributed by atoms with Crippen molar-refractivity contribution in [3.8, 4) is 5.82 Å². The lowest BCUT2D eigenvalue weighted by Gasteiger charge is -2.13. The lowest BCUT2D eigenvalue weighted by molar-refractivity contribution is 0.555. The molecule has 0 aliphatic heterocycles. The predicted molar refractivity (Wildman–Crippen MR) is 121 cm³/mol. The molecule has 28 heavy (non-hydrogen) atoms. The number of nitrogens with one attached hydrogen (secondary N) is 2. The highest BCUT2D eigenvalue weighted by Crippen LogP contribution is 2.06. The van der Waals surface area contributed by atoms with E-state index in [0.29, 0.717) is 6.54 Å². The standard InChI is InChI=1S/C19H26N8.HI/c1-15-11-16(2)27(25-15)9-4-6-23-19(20-3)24-13-17-5-7-22-18(12-17)26-10-8-21-14-26;/h5,7-8,10-12,14H,4,6,9,13H2,1-3H3,(H2,20,23,24);1H. The van der Waals surface area contributed by atoms with Gasteiger partial charge in [-0.3, -0.25) is 14.2 Å². The molecule has 3 rings (SSSR count). The van der Waals surface area contributed by atoms with Crippen LogP contribution >= 0.6 is 24.0 Å². The van der Waals surface area contributed by atoms with E-state index in [2.05, 4.69) is 43.7 Å². The van der Waals surface area contributed by atoms with Gasteiger partial charge >= 0.3 is 0 Å². The molecule has 0 atom stereocenters. The number of aliphatic imine (C=N–C) groups is 1. The highest BCUT2D eigenvalue weighted by molar-refractivity contribution is 14.0. The molecule has 3 aromatic rings. The fourth-order valence-corrected chi connectivity index (χ4v) is 2.85. The number of aromatic nitrogens is 5. The fourth-order valence-electron chi connectivity index (χ4n) is 2.85. The molecule has 8 nitrogen and oxygen atoms in total. The maximum atomic E-state index is 4.48. The van der Waals surface area contributed by atoms with Crippen molar-refractivity contribution >= 4 is 29.9 Å². The van der Waals surface area contributed by atoms with E-state index in [1.807, 2.05) is 34.5 Å². The zero-order chi connectivity index (χ0) is 19.1. The second kappa shape index (κ2) is 10.8. The first-order valence-corrected chi connectivity index (χ1v) is 9.04. The summed E-state index contributed by atoms with van der Waals surface area (Å²) in [5, 5.41) is 11.2. The van der Waals surface area contributed by atoms with Crippen molar-refractivity contribution in [1.29, 1.82) is 0 Å². The van der Waals surface area contributed by atoms with Gasteiger partial charge in [0.2, 0.25) is 0 Å². The summed E-state index contributed by atoms with van der Waals surface area (Å²) in [4.78, 5) is 12.7. The zero-order valence-electron chi connectivity index (χ0n) is 16.5. The minimum atomic E-state index is 0. The molecular weight excluding hydrogens is 467 g/mol. The molecule has 0 unspecified atom stereocenters. The lowest BCUT2D eigenvalue weighted by atomic mass is 10.2. The van der Waals surface area contributed by atoms with Crippen molar-refractivity contribution in [3.05, 3.63) is 60.1 Å². The van der Waals surface area contributed by atoms with E-state index >= 15 is 0 Å². The molecule has 0 aliphatic carbocycles. The van der Waals surface area contributed by atoms with Crippen molar-refractivity contribution in [3.63, 3.8) is 0 Å². The number of pyridine rings is 1. The van der Waals surface area contributed by atoms with E-state index in [1.165, 1.54) is 5.69 Å². The normalized spacial score (nSPS) is 11.2. The Hall–Kier alpha value is -2.43. The second-order valence-corrected chi connectivity index (χ2v) is 6.35. The molecule has 0 amide bonds. The maximum Gasteiger partial charge on any atom is 0.191 e. The summed E-state index contributed by atoms with van der Waals surface area (Å²) in [5.41, 5.74) is 3.38. The largest absolute Gasteiger partial charge is 0.356 e. The molecule has 2 N–H and O–H groups in total. The highest BCUT2D eigenvalue weighted by atomic mass is 127. The number of hydrogen-bond donors (Lipinski definition) is 2. The summed E-state index contributed by atoms with van der Waals surface area (Å²) in [6, 6.07) is 6.12. The van der Waals surface area contributed by atoms with Crippen LogP contribution in [0, 0.1) is 13.8 Å². The molecule has 0 saturated carbocycles. The van der Waals surface area contributed by atoms with Crippen molar-refractivity contribution in [2.24, 2.45) is 4.99 Å². The molecule has 0 saturated heterocycles. The van der Waals surface area contributed by atoms with Crippen LogP contribution in [0.4, 0.5) is 0 Å².